The zero-order valence-corrected chi connectivity index (χ0v) is 13.1. The van der Waals surface area contributed by atoms with E-state index in [-0.39, 0.29) is 0 Å². The highest BCUT2D eigenvalue weighted by Gasteiger charge is 2.20. The molecule has 0 aromatic heterocycles. The van der Waals surface area contributed by atoms with Gasteiger partial charge in [0.1, 0.15) is 0 Å². The summed E-state index contributed by atoms with van der Waals surface area (Å²) in [6.45, 7) is 11.7. The van der Waals surface area contributed by atoms with E-state index in [1.165, 1.54) is 38.9 Å². The van der Waals surface area contributed by atoms with Crippen LogP contribution in [-0.2, 0) is 0 Å². The molecular formula is C15H33N3. The number of likely N-dealkylation sites (tertiary alicyclic amines) is 1. The fourth-order valence-corrected chi connectivity index (χ4v) is 2.96. The van der Waals surface area contributed by atoms with Crippen molar-refractivity contribution < 1.29 is 0 Å². The molecule has 0 radical (unpaired) electrons. The molecule has 1 heterocycles. The second kappa shape index (κ2) is 8.13. The third-order valence-electron chi connectivity index (χ3n) is 4.38. The van der Waals surface area contributed by atoms with Crippen LogP contribution in [0, 0.1) is 5.92 Å². The summed E-state index contributed by atoms with van der Waals surface area (Å²) in [6, 6.07) is 1.31. The van der Waals surface area contributed by atoms with Crippen LogP contribution in [0.2, 0.25) is 0 Å². The van der Waals surface area contributed by atoms with Crippen LogP contribution in [0.3, 0.4) is 0 Å². The first-order valence-electron chi connectivity index (χ1n) is 7.65. The lowest BCUT2D eigenvalue weighted by molar-refractivity contribution is 0.147. The Labute approximate surface area is 114 Å². The summed E-state index contributed by atoms with van der Waals surface area (Å²) in [6.07, 6.45) is 3.99. The van der Waals surface area contributed by atoms with Crippen molar-refractivity contribution in [2.45, 2.75) is 52.1 Å². The molecule has 1 rings (SSSR count). The molecule has 108 valence electrons. The molecule has 0 bridgehead atoms. The van der Waals surface area contributed by atoms with Gasteiger partial charge in [-0.25, -0.2) is 0 Å². The van der Waals surface area contributed by atoms with Gasteiger partial charge in [0.2, 0.25) is 0 Å². The molecule has 0 aromatic rings. The van der Waals surface area contributed by atoms with Gasteiger partial charge in [0, 0.05) is 18.6 Å². The third kappa shape index (κ3) is 5.68. The lowest BCUT2D eigenvalue weighted by Gasteiger charge is -2.34. The van der Waals surface area contributed by atoms with Crippen molar-refractivity contribution in [3.05, 3.63) is 0 Å². The third-order valence-corrected chi connectivity index (χ3v) is 4.38. The van der Waals surface area contributed by atoms with Crippen molar-refractivity contribution in [3.63, 3.8) is 0 Å². The molecule has 1 saturated heterocycles. The molecule has 0 aromatic carbocycles. The summed E-state index contributed by atoms with van der Waals surface area (Å²) in [5.41, 5.74) is 0. The van der Waals surface area contributed by atoms with Crippen molar-refractivity contribution in [2.24, 2.45) is 5.92 Å². The van der Waals surface area contributed by atoms with E-state index in [1.54, 1.807) is 0 Å². The van der Waals surface area contributed by atoms with Gasteiger partial charge in [-0.3, -0.25) is 0 Å². The topological polar surface area (TPSA) is 18.5 Å². The standard InChI is InChI=1S/C15H33N3/c1-6-16-13(2)11-14(3)18(5)12-15-7-9-17(4)10-8-15/h13-16H,6-12H2,1-5H3. The summed E-state index contributed by atoms with van der Waals surface area (Å²) in [7, 11) is 4.53. The summed E-state index contributed by atoms with van der Waals surface area (Å²) >= 11 is 0. The minimum absolute atomic E-state index is 0.630. The van der Waals surface area contributed by atoms with E-state index < -0.39 is 0 Å². The maximum absolute atomic E-state index is 3.51. The molecule has 18 heavy (non-hydrogen) atoms. The lowest BCUT2D eigenvalue weighted by atomic mass is 9.96. The van der Waals surface area contributed by atoms with Gasteiger partial charge in [-0.1, -0.05) is 6.92 Å². The SMILES string of the molecule is CCNC(C)CC(C)N(C)CC1CCN(C)CC1. The summed E-state index contributed by atoms with van der Waals surface area (Å²) in [5.74, 6) is 0.906. The predicted octanol–water partition coefficient (Wildman–Crippen LogP) is 2.04. The summed E-state index contributed by atoms with van der Waals surface area (Å²) < 4.78 is 0. The van der Waals surface area contributed by atoms with Crippen molar-refractivity contribution >= 4 is 0 Å². The zero-order valence-electron chi connectivity index (χ0n) is 13.1. The molecule has 1 aliphatic rings. The molecule has 1 N–H and O–H groups in total. The Hall–Kier alpha value is -0.120. The monoisotopic (exact) mass is 255 g/mol. The van der Waals surface area contributed by atoms with Crippen LogP contribution in [0.1, 0.15) is 40.0 Å². The molecule has 3 heteroatoms. The Balaban J connectivity index is 2.24. The van der Waals surface area contributed by atoms with Crippen molar-refractivity contribution in [3.8, 4) is 0 Å². The van der Waals surface area contributed by atoms with E-state index in [4.69, 9.17) is 0 Å². The largest absolute Gasteiger partial charge is 0.314 e. The molecule has 1 aliphatic heterocycles. The number of rotatable bonds is 7. The van der Waals surface area contributed by atoms with Crippen LogP contribution in [0.5, 0.6) is 0 Å². The van der Waals surface area contributed by atoms with Crippen molar-refractivity contribution in [2.75, 3.05) is 40.3 Å². The van der Waals surface area contributed by atoms with Crippen LogP contribution in [0.25, 0.3) is 0 Å². The Morgan fingerprint density at radius 2 is 1.89 bits per heavy atom. The van der Waals surface area contributed by atoms with Crippen molar-refractivity contribution in [1.29, 1.82) is 0 Å². The van der Waals surface area contributed by atoms with Gasteiger partial charge >= 0.3 is 0 Å². The second-order valence-corrected chi connectivity index (χ2v) is 6.23. The Bertz CT molecular complexity index is 212. The van der Waals surface area contributed by atoms with Gasteiger partial charge in [0.15, 0.2) is 0 Å². The van der Waals surface area contributed by atoms with Crippen LogP contribution in [0.15, 0.2) is 0 Å². The minimum Gasteiger partial charge on any atom is -0.314 e. The molecule has 0 saturated carbocycles. The summed E-state index contributed by atoms with van der Waals surface area (Å²) in [4.78, 5) is 5.01. The molecule has 3 nitrogen and oxygen atoms in total. The average Bonchev–Trinajstić information content (AvgIpc) is 2.32. The van der Waals surface area contributed by atoms with Gasteiger partial charge < -0.3 is 15.1 Å². The van der Waals surface area contributed by atoms with Crippen molar-refractivity contribution in [1.82, 2.24) is 15.1 Å². The lowest BCUT2D eigenvalue weighted by Crippen LogP contribution is -2.41. The molecular weight excluding hydrogens is 222 g/mol. The number of nitrogens with zero attached hydrogens (tertiary/aromatic N) is 2. The predicted molar refractivity (Wildman–Crippen MR) is 80.1 cm³/mol. The van der Waals surface area contributed by atoms with Crippen LogP contribution >= 0.6 is 0 Å². The van der Waals surface area contributed by atoms with Gasteiger partial charge in [0.05, 0.1) is 0 Å². The van der Waals surface area contributed by atoms with Gasteiger partial charge in [-0.15, -0.1) is 0 Å². The number of piperidine rings is 1. The van der Waals surface area contributed by atoms with Gasteiger partial charge in [0.25, 0.3) is 0 Å². The van der Waals surface area contributed by atoms with E-state index in [2.05, 4.69) is 50.0 Å². The van der Waals surface area contributed by atoms with Crippen LogP contribution < -0.4 is 5.32 Å². The molecule has 0 spiro atoms. The Morgan fingerprint density at radius 1 is 1.28 bits per heavy atom. The second-order valence-electron chi connectivity index (χ2n) is 6.23. The highest BCUT2D eigenvalue weighted by Crippen LogP contribution is 2.18. The Morgan fingerprint density at radius 3 is 2.44 bits per heavy atom. The maximum Gasteiger partial charge on any atom is 0.00787 e. The Kier molecular flexibility index (Phi) is 7.20. The van der Waals surface area contributed by atoms with Gasteiger partial charge in [-0.05, 0) is 72.8 Å². The summed E-state index contributed by atoms with van der Waals surface area (Å²) in [5, 5.41) is 3.51. The molecule has 1 fully saturated rings. The first-order chi connectivity index (χ1) is 8.52. The minimum atomic E-state index is 0.630. The maximum atomic E-state index is 3.51. The van der Waals surface area contributed by atoms with E-state index in [0.29, 0.717) is 12.1 Å². The smallest absolute Gasteiger partial charge is 0.00787 e. The molecule has 0 aliphatic carbocycles. The van der Waals surface area contributed by atoms with E-state index >= 15 is 0 Å². The normalized spacial score (nSPS) is 22.3. The first-order valence-corrected chi connectivity index (χ1v) is 7.65. The number of hydrogen-bond acceptors (Lipinski definition) is 3. The quantitative estimate of drug-likeness (QED) is 0.751. The highest BCUT2D eigenvalue weighted by molar-refractivity contribution is 4.76. The molecule has 2 atom stereocenters. The van der Waals surface area contributed by atoms with E-state index in [9.17, 15) is 0 Å². The molecule has 2 unspecified atom stereocenters. The first kappa shape index (κ1) is 15.9. The highest BCUT2D eigenvalue weighted by atomic mass is 15.1. The van der Waals surface area contributed by atoms with Crippen LogP contribution in [-0.4, -0.2) is 62.2 Å². The van der Waals surface area contributed by atoms with E-state index in [1.807, 2.05) is 0 Å². The molecule has 0 amide bonds. The number of hydrogen-bond donors (Lipinski definition) is 1. The van der Waals surface area contributed by atoms with E-state index in [0.717, 1.165) is 12.5 Å². The fraction of sp³-hybridized carbons (Fsp3) is 1.00. The van der Waals surface area contributed by atoms with Crippen LogP contribution in [0.4, 0.5) is 0 Å². The zero-order chi connectivity index (χ0) is 13.5. The number of nitrogens with one attached hydrogen (secondary N) is 1. The average molecular weight is 255 g/mol. The van der Waals surface area contributed by atoms with Gasteiger partial charge in [-0.2, -0.15) is 0 Å². The fourth-order valence-electron chi connectivity index (χ4n) is 2.96.